The van der Waals surface area contributed by atoms with Crippen LogP contribution in [0.2, 0.25) is 0 Å². The molecule has 1 aromatic rings. The topological polar surface area (TPSA) is 38.3 Å². The number of hydrogen-bond donors (Lipinski definition) is 1. The second-order valence-electron chi connectivity index (χ2n) is 5.01. The third-order valence-corrected chi connectivity index (χ3v) is 4.85. The lowest BCUT2D eigenvalue weighted by Crippen LogP contribution is -2.48. The van der Waals surface area contributed by atoms with Crippen molar-refractivity contribution in [1.29, 1.82) is 0 Å². The van der Waals surface area contributed by atoms with E-state index in [0.717, 1.165) is 26.1 Å². The second kappa shape index (κ2) is 5.95. The molecule has 2 rings (SSSR count). The third-order valence-electron chi connectivity index (χ3n) is 3.40. The summed E-state index contributed by atoms with van der Waals surface area (Å²) in [6, 6.07) is 10.3. The molecule has 0 bridgehead atoms. The van der Waals surface area contributed by atoms with Crippen LogP contribution in [0.15, 0.2) is 30.3 Å². The van der Waals surface area contributed by atoms with Gasteiger partial charge in [-0.05, 0) is 32.3 Å². The van der Waals surface area contributed by atoms with Crippen LogP contribution in [0.1, 0.15) is 32.3 Å². The molecule has 3 nitrogen and oxygen atoms in total. The second-order valence-corrected chi connectivity index (χ2v) is 6.75. The predicted octanol–water partition coefficient (Wildman–Crippen LogP) is 2.35. The fraction of sp³-hybridized carbons (Fsp3) is 0.571. The lowest BCUT2D eigenvalue weighted by atomic mass is 9.84. The Labute approximate surface area is 112 Å². The molecule has 100 valence electrons. The van der Waals surface area contributed by atoms with Gasteiger partial charge in [0, 0.05) is 18.5 Å². The highest BCUT2D eigenvalue weighted by Gasteiger charge is 2.36. The van der Waals surface area contributed by atoms with Crippen LogP contribution < -0.4 is 4.72 Å². The lowest BCUT2D eigenvalue weighted by molar-refractivity contribution is 0.0464. The summed E-state index contributed by atoms with van der Waals surface area (Å²) in [4.78, 5) is 0. The molecule has 1 aliphatic heterocycles. The molecule has 0 amide bonds. The van der Waals surface area contributed by atoms with Gasteiger partial charge in [0.25, 0.3) is 0 Å². The van der Waals surface area contributed by atoms with Crippen LogP contribution in [0.4, 0.5) is 0 Å². The largest absolute Gasteiger partial charge is 0.381 e. The molecule has 1 N–H and O–H groups in total. The maximum absolute atomic E-state index is 12.1. The monoisotopic (exact) mass is 267 g/mol. The third kappa shape index (κ3) is 2.99. The van der Waals surface area contributed by atoms with Gasteiger partial charge in [-0.1, -0.05) is 30.3 Å². The van der Waals surface area contributed by atoms with Crippen molar-refractivity contribution in [1.82, 2.24) is 4.72 Å². The van der Waals surface area contributed by atoms with Gasteiger partial charge >= 0.3 is 0 Å². The Kier molecular flexibility index (Phi) is 4.54. The first-order valence-electron chi connectivity index (χ1n) is 6.46. The minimum Gasteiger partial charge on any atom is -0.381 e. The molecule has 0 saturated carbocycles. The smallest absolute Gasteiger partial charge is 0.0949 e. The van der Waals surface area contributed by atoms with Gasteiger partial charge in [-0.25, -0.2) is 8.93 Å². The van der Waals surface area contributed by atoms with Crippen LogP contribution in [0.5, 0.6) is 0 Å². The molecule has 1 aromatic carbocycles. The Morgan fingerprint density at radius 1 is 1.22 bits per heavy atom. The van der Waals surface area contributed by atoms with E-state index in [4.69, 9.17) is 4.74 Å². The summed E-state index contributed by atoms with van der Waals surface area (Å²) in [7, 11) is -1.01. The van der Waals surface area contributed by atoms with Gasteiger partial charge < -0.3 is 4.74 Å². The molecule has 0 spiro atoms. The van der Waals surface area contributed by atoms with Gasteiger partial charge in [-0.2, -0.15) is 0 Å². The summed E-state index contributed by atoms with van der Waals surface area (Å²) in [5.74, 6) is 0. The van der Waals surface area contributed by atoms with Crippen molar-refractivity contribution < 1.29 is 8.95 Å². The molecule has 1 atom stereocenters. The van der Waals surface area contributed by atoms with Gasteiger partial charge in [0.2, 0.25) is 0 Å². The van der Waals surface area contributed by atoms with E-state index in [0.29, 0.717) is 0 Å². The molecule has 0 aliphatic carbocycles. The fourth-order valence-corrected chi connectivity index (χ4v) is 3.18. The molecule has 1 fully saturated rings. The minimum absolute atomic E-state index is 0.119. The van der Waals surface area contributed by atoms with E-state index in [1.54, 1.807) is 0 Å². The van der Waals surface area contributed by atoms with Crippen molar-refractivity contribution in [3.8, 4) is 0 Å². The lowest BCUT2D eigenvalue weighted by Gasteiger charge is -2.38. The van der Waals surface area contributed by atoms with Gasteiger partial charge in [0.05, 0.1) is 16.5 Å². The van der Waals surface area contributed by atoms with Gasteiger partial charge in [-0.15, -0.1) is 0 Å². The maximum Gasteiger partial charge on any atom is 0.0949 e. The molecule has 18 heavy (non-hydrogen) atoms. The molecule has 1 unspecified atom stereocenters. The van der Waals surface area contributed by atoms with Crippen LogP contribution >= 0.6 is 0 Å². The maximum atomic E-state index is 12.1. The summed E-state index contributed by atoms with van der Waals surface area (Å²) in [5.41, 5.74) is 1.01. The molecule has 1 heterocycles. The molecular weight excluding hydrogens is 246 g/mol. The predicted molar refractivity (Wildman–Crippen MR) is 74.6 cm³/mol. The quantitative estimate of drug-likeness (QED) is 0.909. The van der Waals surface area contributed by atoms with Crippen LogP contribution in [-0.4, -0.2) is 22.7 Å². The van der Waals surface area contributed by atoms with Crippen LogP contribution in [0, 0.1) is 0 Å². The van der Waals surface area contributed by atoms with E-state index in [9.17, 15) is 4.21 Å². The van der Waals surface area contributed by atoms with E-state index in [1.807, 2.05) is 32.0 Å². The zero-order valence-electron chi connectivity index (χ0n) is 11.0. The molecule has 0 radical (unpaired) electrons. The number of rotatable bonds is 4. The summed E-state index contributed by atoms with van der Waals surface area (Å²) in [6.45, 7) is 5.39. The van der Waals surface area contributed by atoms with Crippen molar-refractivity contribution in [3.05, 3.63) is 35.9 Å². The molecule has 1 aliphatic rings. The van der Waals surface area contributed by atoms with Crippen molar-refractivity contribution in [2.45, 2.75) is 37.5 Å². The first-order chi connectivity index (χ1) is 8.64. The normalized spacial score (nSPS) is 20.8. The summed E-state index contributed by atoms with van der Waals surface area (Å²) < 4.78 is 20.9. The molecule has 1 saturated heterocycles. The number of ether oxygens (including phenoxy) is 1. The van der Waals surface area contributed by atoms with Crippen molar-refractivity contribution in [3.63, 3.8) is 0 Å². The van der Waals surface area contributed by atoms with E-state index in [2.05, 4.69) is 16.9 Å². The van der Waals surface area contributed by atoms with E-state index in [1.165, 1.54) is 5.56 Å². The molecule has 4 heteroatoms. The fourth-order valence-electron chi connectivity index (χ4n) is 2.24. The zero-order valence-corrected chi connectivity index (χ0v) is 11.8. The van der Waals surface area contributed by atoms with Crippen molar-refractivity contribution in [2.75, 3.05) is 13.2 Å². The van der Waals surface area contributed by atoms with E-state index in [-0.39, 0.29) is 10.8 Å². The number of hydrogen-bond acceptors (Lipinski definition) is 2. The molecular formula is C14H21NO2S. The standard InChI is InChI=1S/C14H21NO2S/c1-12(2)18(16)15-14(8-10-17-11-9-14)13-6-4-3-5-7-13/h3-7,12,15H,8-11H2,1-2H3. The average molecular weight is 267 g/mol. The SMILES string of the molecule is CC(C)S(=O)NC1(c2ccccc2)CCOCC1. The Hall–Kier alpha value is -0.710. The van der Waals surface area contributed by atoms with Gasteiger partial charge in [0.1, 0.15) is 0 Å². The van der Waals surface area contributed by atoms with Crippen LogP contribution in [0.25, 0.3) is 0 Å². The first-order valence-corrected chi connectivity index (χ1v) is 7.67. The summed E-state index contributed by atoms with van der Waals surface area (Å²) >= 11 is 0. The summed E-state index contributed by atoms with van der Waals surface area (Å²) in [6.07, 6.45) is 1.74. The highest BCUT2D eigenvalue weighted by Crippen LogP contribution is 2.32. The van der Waals surface area contributed by atoms with Crippen molar-refractivity contribution >= 4 is 11.0 Å². The average Bonchev–Trinajstić information content (AvgIpc) is 2.40. The highest BCUT2D eigenvalue weighted by molar-refractivity contribution is 7.83. The van der Waals surface area contributed by atoms with Gasteiger partial charge in [0.15, 0.2) is 0 Å². The number of nitrogens with one attached hydrogen (secondary N) is 1. The Bertz CT molecular complexity index is 400. The highest BCUT2D eigenvalue weighted by atomic mass is 32.2. The Morgan fingerprint density at radius 3 is 2.39 bits per heavy atom. The zero-order chi connectivity index (χ0) is 13.0. The first kappa shape index (κ1) is 13.7. The minimum atomic E-state index is -1.01. The van der Waals surface area contributed by atoms with E-state index < -0.39 is 11.0 Å². The van der Waals surface area contributed by atoms with Crippen LogP contribution in [0.3, 0.4) is 0 Å². The Balaban J connectivity index is 2.26. The van der Waals surface area contributed by atoms with Crippen LogP contribution in [-0.2, 0) is 21.3 Å². The van der Waals surface area contributed by atoms with Gasteiger partial charge in [-0.3, -0.25) is 0 Å². The molecule has 0 aromatic heterocycles. The van der Waals surface area contributed by atoms with Crippen molar-refractivity contribution in [2.24, 2.45) is 0 Å². The number of benzene rings is 1. The van der Waals surface area contributed by atoms with E-state index >= 15 is 0 Å². The Morgan fingerprint density at radius 2 is 1.83 bits per heavy atom. The summed E-state index contributed by atoms with van der Waals surface area (Å²) in [5, 5.41) is 0.119.